The highest BCUT2D eigenvalue weighted by molar-refractivity contribution is 5.71. The molecule has 1 unspecified atom stereocenters. The second-order valence-electron chi connectivity index (χ2n) is 23.4. The fourth-order valence-corrected chi connectivity index (χ4v) is 10.2. The molecule has 1 atom stereocenters. The van der Waals surface area contributed by atoms with Gasteiger partial charge in [0.2, 0.25) is 0 Å². The molecule has 0 aliphatic heterocycles. The summed E-state index contributed by atoms with van der Waals surface area (Å²) in [5, 5.41) is 0. The van der Waals surface area contributed by atoms with Gasteiger partial charge in [0.25, 0.3) is 0 Å². The molecule has 79 heavy (non-hydrogen) atoms. The second kappa shape index (κ2) is 67.6. The van der Waals surface area contributed by atoms with Gasteiger partial charge in [0.05, 0.1) is 0 Å². The highest BCUT2D eigenvalue weighted by Crippen LogP contribution is 2.18. The van der Waals surface area contributed by atoms with Gasteiger partial charge in [-0.25, -0.2) is 0 Å². The number of hydrogen-bond acceptors (Lipinski definition) is 6. The summed E-state index contributed by atoms with van der Waals surface area (Å²) in [5.74, 6) is -0.872. The van der Waals surface area contributed by atoms with Crippen LogP contribution in [0, 0.1) is 0 Å². The van der Waals surface area contributed by atoms with Crippen LogP contribution < -0.4 is 0 Å². The largest absolute Gasteiger partial charge is 0.462 e. The van der Waals surface area contributed by atoms with Gasteiger partial charge < -0.3 is 14.2 Å². The van der Waals surface area contributed by atoms with Crippen LogP contribution in [0.1, 0.15) is 367 Å². The predicted octanol–water partition coefficient (Wildman–Crippen LogP) is 23.9. The Kier molecular flexibility index (Phi) is 65.1. The average Bonchev–Trinajstić information content (AvgIpc) is 3.45. The van der Waals surface area contributed by atoms with Crippen molar-refractivity contribution in [3.63, 3.8) is 0 Å². The van der Waals surface area contributed by atoms with Crippen molar-refractivity contribution in [2.24, 2.45) is 0 Å². The van der Waals surface area contributed by atoms with E-state index in [-0.39, 0.29) is 31.1 Å². The summed E-state index contributed by atoms with van der Waals surface area (Å²) >= 11 is 0. The van der Waals surface area contributed by atoms with Gasteiger partial charge in [-0.1, -0.05) is 319 Å². The number of carbonyl (C=O) groups excluding carboxylic acids is 3. The molecule has 6 heteroatoms. The number of unbranched alkanes of at least 4 members (excludes halogenated alkanes) is 43. The van der Waals surface area contributed by atoms with E-state index in [1.165, 1.54) is 238 Å². The number of hydrogen-bond donors (Lipinski definition) is 0. The lowest BCUT2D eigenvalue weighted by Gasteiger charge is -2.18. The highest BCUT2D eigenvalue weighted by atomic mass is 16.6. The topological polar surface area (TPSA) is 78.9 Å². The molecule has 0 fully saturated rings. The van der Waals surface area contributed by atoms with Crippen LogP contribution in [0.4, 0.5) is 0 Å². The molecule has 460 valence electrons. The van der Waals surface area contributed by atoms with E-state index in [1.807, 2.05) is 0 Å². The van der Waals surface area contributed by atoms with E-state index in [1.54, 1.807) is 0 Å². The van der Waals surface area contributed by atoms with Gasteiger partial charge in [-0.05, 0) is 89.9 Å². The molecule has 0 aliphatic carbocycles. The van der Waals surface area contributed by atoms with Crippen LogP contribution in [0.3, 0.4) is 0 Å². The van der Waals surface area contributed by atoms with E-state index in [0.717, 1.165) is 89.9 Å². The first-order valence-corrected chi connectivity index (χ1v) is 34.8. The zero-order valence-electron chi connectivity index (χ0n) is 52.9. The van der Waals surface area contributed by atoms with Crippen molar-refractivity contribution in [1.82, 2.24) is 0 Å². The minimum absolute atomic E-state index is 0.0774. The Bertz CT molecular complexity index is 1410. The Labute approximate surface area is 491 Å². The molecule has 6 nitrogen and oxygen atoms in total. The maximum Gasteiger partial charge on any atom is 0.306 e. The van der Waals surface area contributed by atoms with Crippen LogP contribution in [0.15, 0.2) is 60.8 Å². The minimum Gasteiger partial charge on any atom is -0.462 e. The van der Waals surface area contributed by atoms with Gasteiger partial charge in [-0.15, -0.1) is 0 Å². The molecule has 0 aliphatic rings. The van der Waals surface area contributed by atoms with E-state index < -0.39 is 6.10 Å². The maximum atomic E-state index is 13.0. The fraction of sp³-hybridized carbons (Fsp3) is 0.822. The van der Waals surface area contributed by atoms with E-state index in [9.17, 15) is 14.4 Å². The summed E-state index contributed by atoms with van der Waals surface area (Å²) in [7, 11) is 0. The number of rotatable bonds is 64. The SMILES string of the molecule is CCCCC/C=C\C/C=C\CCCCCCCC(=O)OCC(COC(=O)CCCCCCCCCCCC/C=C\C/C=C\C/C=C\CCCCCCC)OC(=O)CCCCCCCCCCCCCCCCCCCCCCC. The molecule has 0 aromatic rings. The Morgan fingerprint density at radius 2 is 0.456 bits per heavy atom. The Hall–Kier alpha value is -2.89. The second-order valence-corrected chi connectivity index (χ2v) is 23.4. The monoisotopic (exact) mass is 1110 g/mol. The van der Waals surface area contributed by atoms with Crippen molar-refractivity contribution < 1.29 is 28.6 Å². The number of ether oxygens (including phenoxy) is 3. The zero-order valence-corrected chi connectivity index (χ0v) is 52.9. The van der Waals surface area contributed by atoms with Gasteiger partial charge in [-0.2, -0.15) is 0 Å². The molecule has 0 aromatic carbocycles. The van der Waals surface area contributed by atoms with E-state index in [2.05, 4.69) is 81.5 Å². The molecule has 0 aromatic heterocycles. The van der Waals surface area contributed by atoms with Gasteiger partial charge in [-0.3, -0.25) is 14.4 Å². The van der Waals surface area contributed by atoms with Crippen LogP contribution in [0.25, 0.3) is 0 Å². The standard InChI is InChI=1S/C73H132O6/c1-4-7-10-13-16-19-22-25-28-30-32-34-35-36-37-39-40-42-45-48-51-54-57-60-63-66-72(75)78-69-70(68-77-71(74)65-62-59-56-53-50-47-44-27-24-21-18-15-12-9-6-3)79-73(76)67-64-61-58-55-52-49-46-43-41-38-33-31-29-26-23-20-17-14-11-8-5-2/h18,21-22,25,27,30,32,35-36,44,70H,4-17,19-20,23-24,26,28-29,31,33-34,37-43,45-69H2,1-3H3/b21-18-,25-22-,32-30-,36-35-,44-27-. The van der Waals surface area contributed by atoms with Crippen LogP contribution >= 0.6 is 0 Å². The smallest absolute Gasteiger partial charge is 0.306 e. The Morgan fingerprint density at radius 1 is 0.253 bits per heavy atom. The zero-order chi connectivity index (χ0) is 57.1. The highest BCUT2D eigenvalue weighted by Gasteiger charge is 2.19. The lowest BCUT2D eigenvalue weighted by Crippen LogP contribution is -2.30. The fourth-order valence-electron chi connectivity index (χ4n) is 10.2. The first-order chi connectivity index (χ1) is 39.0. The molecule has 0 heterocycles. The lowest BCUT2D eigenvalue weighted by molar-refractivity contribution is -0.167. The first-order valence-electron chi connectivity index (χ1n) is 34.8. The van der Waals surface area contributed by atoms with Crippen molar-refractivity contribution in [2.45, 2.75) is 374 Å². The van der Waals surface area contributed by atoms with Crippen molar-refractivity contribution in [1.29, 1.82) is 0 Å². The molecule has 0 bridgehead atoms. The van der Waals surface area contributed by atoms with Crippen molar-refractivity contribution in [3.8, 4) is 0 Å². The lowest BCUT2D eigenvalue weighted by atomic mass is 10.0. The van der Waals surface area contributed by atoms with Crippen LogP contribution in [-0.2, 0) is 28.6 Å². The van der Waals surface area contributed by atoms with Crippen molar-refractivity contribution in [3.05, 3.63) is 60.8 Å². The molecular formula is C73H132O6. The van der Waals surface area contributed by atoms with E-state index >= 15 is 0 Å². The van der Waals surface area contributed by atoms with Crippen molar-refractivity contribution >= 4 is 17.9 Å². The summed E-state index contributed by atoms with van der Waals surface area (Å²) < 4.78 is 17.0. The molecule has 0 spiro atoms. The average molecular weight is 1110 g/mol. The normalized spacial score (nSPS) is 12.4. The third-order valence-corrected chi connectivity index (χ3v) is 15.5. The van der Waals surface area contributed by atoms with Crippen LogP contribution in [-0.4, -0.2) is 37.2 Å². The summed E-state index contributed by atoms with van der Waals surface area (Å²) in [6, 6.07) is 0. The summed E-state index contributed by atoms with van der Waals surface area (Å²) in [6.45, 7) is 6.65. The van der Waals surface area contributed by atoms with Gasteiger partial charge >= 0.3 is 17.9 Å². The molecule has 0 saturated carbocycles. The summed E-state index contributed by atoms with van der Waals surface area (Å²) in [6.07, 6.45) is 86.7. The van der Waals surface area contributed by atoms with Crippen LogP contribution in [0.2, 0.25) is 0 Å². The number of carbonyl (C=O) groups is 3. The molecule has 0 saturated heterocycles. The summed E-state index contributed by atoms with van der Waals surface area (Å²) in [4.78, 5) is 38.4. The van der Waals surface area contributed by atoms with Gasteiger partial charge in [0, 0.05) is 19.3 Å². The molecule has 0 N–H and O–H groups in total. The quantitative estimate of drug-likeness (QED) is 0.0261. The van der Waals surface area contributed by atoms with E-state index in [0.29, 0.717) is 19.3 Å². The van der Waals surface area contributed by atoms with Gasteiger partial charge in [0.1, 0.15) is 13.2 Å². The third kappa shape index (κ3) is 65.8. The molecule has 0 radical (unpaired) electrons. The number of esters is 3. The summed E-state index contributed by atoms with van der Waals surface area (Å²) in [5.41, 5.74) is 0. The molecule has 0 amide bonds. The predicted molar refractivity (Wildman–Crippen MR) is 344 cm³/mol. The van der Waals surface area contributed by atoms with Crippen LogP contribution in [0.5, 0.6) is 0 Å². The Balaban J connectivity index is 4.31. The minimum atomic E-state index is -0.782. The maximum absolute atomic E-state index is 13.0. The molecular weight excluding hydrogens is 973 g/mol. The van der Waals surface area contributed by atoms with E-state index in [4.69, 9.17) is 14.2 Å². The van der Waals surface area contributed by atoms with Crippen molar-refractivity contribution in [2.75, 3.05) is 13.2 Å². The third-order valence-electron chi connectivity index (χ3n) is 15.5. The van der Waals surface area contributed by atoms with Gasteiger partial charge in [0.15, 0.2) is 6.10 Å². The molecule has 0 rings (SSSR count). The first kappa shape index (κ1) is 76.1. The Morgan fingerprint density at radius 3 is 0.734 bits per heavy atom. The number of allylic oxidation sites excluding steroid dienone is 10.